The van der Waals surface area contributed by atoms with E-state index in [0.717, 1.165) is 5.56 Å². The number of hydrogen-bond acceptors (Lipinski definition) is 6. The topological polar surface area (TPSA) is 94.0 Å². The molecule has 0 aliphatic heterocycles. The Labute approximate surface area is 200 Å². The first kappa shape index (κ1) is 23.2. The molecule has 0 aliphatic carbocycles. The highest BCUT2D eigenvalue weighted by Gasteiger charge is 2.15. The van der Waals surface area contributed by atoms with Crippen molar-refractivity contribution in [2.45, 2.75) is 19.9 Å². The monoisotopic (exact) mass is 480 g/mol. The predicted molar refractivity (Wildman–Crippen MR) is 129 cm³/mol. The number of anilines is 3. The number of para-hydroxylation sites is 1. The third kappa shape index (κ3) is 4.99. The summed E-state index contributed by atoms with van der Waals surface area (Å²) in [6.45, 7) is 4.05. The van der Waals surface area contributed by atoms with Gasteiger partial charge in [0.15, 0.2) is 0 Å². The summed E-state index contributed by atoms with van der Waals surface area (Å²) in [5, 5.41) is 10.4. The number of methoxy groups -OCH3 is 1. The molecule has 1 amide bonds. The van der Waals surface area contributed by atoms with E-state index in [2.05, 4.69) is 25.7 Å². The van der Waals surface area contributed by atoms with Crippen molar-refractivity contribution in [1.82, 2.24) is 19.7 Å². The maximum atomic E-state index is 13.9. The van der Waals surface area contributed by atoms with Crippen LogP contribution in [0.5, 0.6) is 5.75 Å². The fraction of sp³-hybridized carbons (Fsp3) is 0.167. The number of carbonyl (C=O) groups excluding carboxylic acids is 1. The highest BCUT2D eigenvalue weighted by molar-refractivity contribution is 6.32. The lowest BCUT2D eigenvalue weighted by atomic mass is 10.1. The van der Waals surface area contributed by atoms with Crippen LogP contribution in [-0.4, -0.2) is 32.8 Å². The largest absolute Gasteiger partial charge is 0.495 e. The van der Waals surface area contributed by atoms with Crippen LogP contribution in [-0.2, 0) is 0 Å². The molecule has 0 unspecified atom stereocenters. The first-order chi connectivity index (χ1) is 16.4. The number of carbonyl (C=O) groups is 1. The average molecular weight is 481 g/mol. The van der Waals surface area contributed by atoms with Crippen LogP contribution in [0.1, 0.15) is 30.2 Å². The van der Waals surface area contributed by atoms with E-state index in [1.807, 2.05) is 24.7 Å². The molecule has 0 radical (unpaired) electrons. The van der Waals surface area contributed by atoms with Gasteiger partial charge in [-0.15, -0.1) is 0 Å². The molecular weight excluding hydrogens is 459 g/mol. The number of nitrogens with zero attached hydrogens (tertiary/aromatic N) is 4. The lowest BCUT2D eigenvalue weighted by Gasteiger charge is -2.13. The molecule has 0 saturated carbocycles. The van der Waals surface area contributed by atoms with Gasteiger partial charge in [-0.2, -0.15) is 5.10 Å². The summed E-state index contributed by atoms with van der Waals surface area (Å²) in [7, 11) is 1.48. The number of halogens is 2. The van der Waals surface area contributed by atoms with Crippen molar-refractivity contribution in [3.8, 4) is 17.0 Å². The van der Waals surface area contributed by atoms with Gasteiger partial charge < -0.3 is 15.4 Å². The molecule has 34 heavy (non-hydrogen) atoms. The predicted octanol–water partition coefficient (Wildman–Crippen LogP) is 5.72. The Morgan fingerprint density at radius 3 is 2.65 bits per heavy atom. The quantitative estimate of drug-likeness (QED) is 0.351. The van der Waals surface area contributed by atoms with E-state index >= 15 is 0 Å². The van der Waals surface area contributed by atoms with Gasteiger partial charge in [-0.1, -0.05) is 23.7 Å². The van der Waals surface area contributed by atoms with Gasteiger partial charge in [0.2, 0.25) is 5.95 Å². The Morgan fingerprint density at radius 2 is 1.94 bits per heavy atom. The van der Waals surface area contributed by atoms with Gasteiger partial charge in [0, 0.05) is 23.4 Å². The van der Waals surface area contributed by atoms with Crippen molar-refractivity contribution in [2.24, 2.45) is 0 Å². The molecule has 2 aromatic carbocycles. The van der Waals surface area contributed by atoms with Crippen molar-refractivity contribution in [1.29, 1.82) is 0 Å². The minimum absolute atomic E-state index is 0.0940. The summed E-state index contributed by atoms with van der Waals surface area (Å²) in [6, 6.07) is 10.9. The third-order valence-corrected chi connectivity index (χ3v) is 5.26. The van der Waals surface area contributed by atoms with E-state index < -0.39 is 11.7 Å². The second-order valence-corrected chi connectivity index (χ2v) is 8.07. The van der Waals surface area contributed by atoms with Gasteiger partial charge in [0.1, 0.15) is 11.6 Å². The van der Waals surface area contributed by atoms with Crippen molar-refractivity contribution >= 4 is 34.8 Å². The molecule has 2 aromatic heterocycles. The maximum absolute atomic E-state index is 13.9. The summed E-state index contributed by atoms with van der Waals surface area (Å²) in [6.07, 6.45) is 5.06. The summed E-state index contributed by atoms with van der Waals surface area (Å²) < 4.78 is 21.1. The van der Waals surface area contributed by atoms with Gasteiger partial charge in [-0.3, -0.25) is 9.48 Å². The highest BCUT2D eigenvalue weighted by atomic mass is 35.5. The van der Waals surface area contributed by atoms with Crippen LogP contribution >= 0.6 is 11.6 Å². The molecule has 0 bridgehead atoms. The number of hydrogen-bond donors (Lipinski definition) is 2. The molecule has 4 aromatic rings. The van der Waals surface area contributed by atoms with Crippen molar-refractivity contribution in [2.75, 3.05) is 17.7 Å². The standard InChI is InChI=1S/C24H22ClFN6O2/c1-14(2)32-13-16(11-28-32)22-17(25)12-27-24(31-22)30-20-9-8-15(10-21(20)34-3)23(33)29-19-7-5-4-6-18(19)26/h4-14H,1-3H3,(H,29,33)(H,27,30,31). The van der Waals surface area contributed by atoms with E-state index in [9.17, 15) is 9.18 Å². The first-order valence-corrected chi connectivity index (χ1v) is 10.8. The Balaban J connectivity index is 1.57. The molecule has 0 spiro atoms. The van der Waals surface area contributed by atoms with Crippen LogP contribution in [0, 0.1) is 5.82 Å². The van der Waals surface area contributed by atoms with E-state index in [-0.39, 0.29) is 11.7 Å². The van der Waals surface area contributed by atoms with E-state index in [0.29, 0.717) is 33.7 Å². The second-order valence-electron chi connectivity index (χ2n) is 7.67. The summed E-state index contributed by atoms with van der Waals surface area (Å²) >= 11 is 6.33. The Morgan fingerprint density at radius 1 is 1.15 bits per heavy atom. The summed E-state index contributed by atoms with van der Waals surface area (Å²) in [5.41, 5.74) is 2.22. The molecule has 174 valence electrons. The fourth-order valence-electron chi connectivity index (χ4n) is 3.19. The number of ether oxygens (including phenoxy) is 1. The maximum Gasteiger partial charge on any atom is 0.255 e. The van der Waals surface area contributed by atoms with Gasteiger partial charge in [-0.05, 0) is 44.2 Å². The van der Waals surface area contributed by atoms with Crippen molar-refractivity contribution in [3.05, 3.63) is 77.5 Å². The molecule has 2 N–H and O–H groups in total. The molecule has 8 nitrogen and oxygen atoms in total. The van der Waals surface area contributed by atoms with Crippen LogP contribution < -0.4 is 15.4 Å². The van der Waals surface area contributed by atoms with E-state index in [1.165, 1.54) is 25.4 Å². The summed E-state index contributed by atoms with van der Waals surface area (Å²) in [4.78, 5) is 21.4. The highest BCUT2D eigenvalue weighted by Crippen LogP contribution is 2.31. The zero-order valence-electron chi connectivity index (χ0n) is 18.7. The molecule has 0 atom stereocenters. The zero-order chi connectivity index (χ0) is 24.2. The molecule has 4 rings (SSSR count). The molecule has 10 heteroatoms. The van der Waals surface area contributed by atoms with Crippen molar-refractivity contribution < 1.29 is 13.9 Å². The Bertz CT molecular complexity index is 1340. The van der Waals surface area contributed by atoms with E-state index in [1.54, 1.807) is 36.5 Å². The Hall–Kier alpha value is -3.98. The second kappa shape index (κ2) is 9.88. The Kier molecular flexibility index (Phi) is 6.74. The van der Waals surface area contributed by atoms with E-state index in [4.69, 9.17) is 16.3 Å². The number of nitrogens with one attached hydrogen (secondary N) is 2. The average Bonchev–Trinajstić information content (AvgIpc) is 3.32. The number of aromatic nitrogens is 4. The minimum Gasteiger partial charge on any atom is -0.495 e. The van der Waals surface area contributed by atoms with Crippen LogP contribution in [0.4, 0.5) is 21.7 Å². The third-order valence-electron chi connectivity index (χ3n) is 4.98. The van der Waals surface area contributed by atoms with Gasteiger partial charge in [0.05, 0.1) is 41.6 Å². The zero-order valence-corrected chi connectivity index (χ0v) is 19.5. The van der Waals surface area contributed by atoms with Crippen LogP contribution in [0.25, 0.3) is 11.3 Å². The summed E-state index contributed by atoms with van der Waals surface area (Å²) in [5.74, 6) is -0.314. The van der Waals surface area contributed by atoms with Gasteiger partial charge in [0.25, 0.3) is 5.91 Å². The van der Waals surface area contributed by atoms with Crippen molar-refractivity contribution in [3.63, 3.8) is 0 Å². The first-order valence-electron chi connectivity index (χ1n) is 10.4. The molecule has 2 heterocycles. The molecule has 0 saturated heterocycles. The normalized spacial score (nSPS) is 10.9. The van der Waals surface area contributed by atoms with Crippen LogP contribution in [0.2, 0.25) is 5.02 Å². The molecule has 0 aliphatic rings. The van der Waals surface area contributed by atoms with Crippen LogP contribution in [0.15, 0.2) is 61.1 Å². The number of amides is 1. The lowest BCUT2D eigenvalue weighted by molar-refractivity contribution is 0.102. The lowest BCUT2D eigenvalue weighted by Crippen LogP contribution is -2.13. The number of rotatable bonds is 7. The fourth-order valence-corrected chi connectivity index (χ4v) is 3.39. The van der Waals surface area contributed by atoms with Crippen LogP contribution in [0.3, 0.4) is 0 Å². The van der Waals surface area contributed by atoms with Gasteiger partial charge >= 0.3 is 0 Å². The van der Waals surface area contributed by atoms with Gasteiger partial charge in [-0.25, -0.2) is 14.4 Å². The number of benzene rings is 2. The molecular formula is C24H22ClFN6O2. The smallest absolute Gasteiger partial charge is 0.255 e. The molecule has 0 fully saturated rings. The SMILES string of the molecule is COc1cc(C(=O)Nc2ccccc2F)ccc1Nc1ncc(Cl)c(-c2cnn(C(C)C)c2)n1. The minimum atomic E-state index is -0.518.